The summed E-state index contributed by atoms with van der Waals surface area (Å²) in [4.78, 5) is 21.8. The van der Waals surface area contributed by atoms with Crippen LogP contribution in [0.1, 0.15) is 45.7 Å². The molecule has 0 saturated carbocycles. The average molecular weight is 406 g/mol. The summed E-state index contributed by atoms with van der Waals surface area (Å²) in [5.41, 5.74) is 1.98. The number of nitriles is 1. The van der Waals surface area contributed by atoms with Gasteiger partial charge in [-0.15, -0.1) is 0 Å². The Balaban J connectivity index is 1.55. The van der Waals surface area contributed by atoms with Gasteiger partial charge in [0, 0.05) is 19.1 Å². The molecule has 0 spiro atoms. The zero-order valence-corrected chi connectivity index (χ0v) is 18.2. The lowest BCUT2D eigenvalue weighted by molar-refractivity contribution is -0.133. The van der Waals surface area contributed by atoms with Crippen molar-refractivity contribution in [3.8, 4) is 6.07 Å². The minimum absolute atomic E-state index is 0.0265. The fraction of sp³-hybridized carbons (Fsp3) is 0.500. The van der Waals surface area contributed by atoms with Gasteiger partial charge in [0.1, 0.15) is 12.4 Å². The Labute approximate surface area is 178 Å². The van der Waals surface area contributed by atoms with E-state index in [4.69, 9.17) is 14.6 Å². The Morgan fingerprint density at radius 3 is 2.43 bits per heavy atom. The summed E-state index contributed by atoms with van der Waals surface area (Å²) >= 11 is 0. The molecule has 3 aliphatic heterocycles. The second-order valence-corrected chi connectivity index (χ2v) is 9.16. The third-order valence-electron chi connectivity index (χ3n) is 6.47. The predicted molar refractivity (Wildman–Crippen MR) is 114 cm³/mol. The van der Waals surface area contributed by atoms with Crippen LogP contribution in [-0.4, -0.2) is 58.9 Å². The molecule has 0 unspecified atom stereocenters. The minimum atomic E-state index is -0.582. The van der Waals surface area contributed by atoms with Crippen molar-refractivity contribution in [2.45, 2.75) is 58.4 Å². The summed E-state index contributed by atoms with van der Waals surface area (Å²) in [6.45, 7) is 11.7. The molecule has 4 rings (SSSR count). The lowest BCUT2D eigenvalue weighted by atomic mass is 9.80. The number of piperazine rings is 1. The minimum Gasteiger partial charge on any atom is -0.398 e. The number of hydrogen-bond donors (Lipinski definition) is 0. The van der Waals surface area contributed by atoms with Crippen LogP contribution in [0.5, 0.6) is 0 Å². The van der Waals surface area contributed by atoms with E-state index < -0.39 is 18.3 Å². The van der Waals surface area contributed by atoms with E-state index in [0.717, 1.165) is 5.56 Å². The Hall–Kier alpha value is -2.63. The molecule has 1 atom stereocenters. The highest BCUT2D eigenvalue weighted by Crippen LogP contribution is 2.38. The second-order valence-electron chi connectivity index (χ2n) is 9.16. The number of hydrogen-bond acceptors (Lipinski definition) is 6. The van der Waals surface area contributed by atoms with Gasteiger partial charge in [-0.2, -0.15) is 5.26 Å². The second kappa shape index (κ2) is 7.26. The molecule has 1 aromatic carbocycles. The number of aliphatic imine (C=N–C) groups is 1. The van der Waals surface area contributed by atoms with Gasteiger partial charge >= 0.3 is 7.12 Å². The summed E-state index contributed by atoms with van der Waals surface area (Å²) in [7, 11) is -0.582. The SMILES string of the molecule is C[C@H]1CN(Cc2ccc(C#N)cc2)C(=O)C2=CC(B3OC(C)(C)C(C)(C)O3)=NCN21. The Bertz CT molecular complexity index is 946. The van der Waals surface area contributed by atoms with Crippen LogP contribution in [0.25, 0.3) is 0 Å². The predicted octanol–water partition coefficient (Wildman–Crippen LogP) is 2.52. The van der Waals surface area contributed by atoms with E-state index in [1.165, 1.54) is 0 Å². The number of carbonyl (C=O) groups is 1. The number of allylic oxidation sites excluding steroid dienone is 1. The molecule has 2 saturated heterocycles. The Morgan fingerprint density at radius 1 is 1.20 bits per heavy atom. The van der Waals surface area contributed by atoms with Crippen LogP contribution in [0.15, 0.2) is 41.0 Å². The molecule has 30 heavy (non-hydrogen) atoms. The number of carbonyl (C=O) groups excluding carboxylic acids is 1. The molecule has 2 fully saturated rings. The van der Waals surface area contributed by atoms with Crippen LogP contribution < -0.4 is 0 Å². The smallest absolute Gasteiger partial charge is 0.398 e. The van der Waals surface area contributed by atoms with Crippen molar-refractivity contribution in [3.05, 3.63) is 47.2 Å². The first kappa shape index (κ1) is 20.6. The van der Waals surface area contributed by atoms with Crippen molar-refractivity contribution >= 4 is 18.6 Å². The van der Waals surface area contributed by atoms with Crippen LogP contribution >= 0.6 is 0 Å². The fourth-order valence-corrected chi connectivity index (χ4v) is 3.87. The van der Waals surface area contributed by atoms with Crippen molar-refractivity contribution in [1.29, 1.82) is 5.26 Å². The van der Waals surface area contributed by atoms with Gasteiger partial charge in [-0.3, -0.25) is 9.79 Å². The van der Waals surface area contributed by atoms with Crippen molar-refractivity contribution < 1.29 is 14.1 Å². The van der Waals surface area contributed by atoms with Crippen LogP contribution in [-0.2, 0) is 20.6 Å². The number of benzene rings is 1. The molecule has 0 radical (unpaired) electrons. The zero-order chi connectivity index (χ0) is 21.7. The van der Waals surface area contributed by atoms with Gasteiger partial charge in [0.15, 0.2) is 0 Å². The van der Waals surface area contributed by atoms with Gasteiger partial charge in [0.05, 0.1) is 28.4 Å². The molecule has 3 heterocycles. The zero-order valence-electron chi connectivity index (χ0n) is 18.2. The molecule has 0 bridgehead atoms. The molecule has 3 aliphatic rings. The fourth-order valence-electron chi connectivity index (χ4n) is 3.87. The first-order chi connectivity index (χ1) is 14.1. The third-order valence-corrected chi connectivity index (χ3v) is 6.47. The molecule has 0 aromatic heterocycles. The molecule has 0 N–H and O–H groups in total. The summed E-state index contributed by atoms with van der Waals surface area (Å²) in [6.07, 6.45) is 1.81. The van der Waals surface area contributed by atoms with E-state index >= 15 is 0 Å². The normalized spacial score (nSPS) is 24.9. The lowest BCUT2D eigenvalue weighted by Gasteiger charge is -2.43. The lowest BCUT2D eigenvalue weighted by Crippen LogP contribution is -2.54. The standard InChI is InChI=1S/C22H27BN4O3/c1-15-12-26(13-17-8-6-16(11-24)7-9-17)20(28)18-10-19(25-14-27(15)18)23-29-21(2,3)22(4,5)30-23/h6-10,15H,12-14H2,1-5H3/t15-/m0/s1. The van der Waals surface area contributed by atoms with Crippen molar-refractivity contribution in [2.24, 2.45) is 4.99 Å². The maximum atomic E-state index is 13.3. The van der Waals surface area contributed by atoms with Gasteiger partial charge in [-0.1, -0.05) is 12.1 Å². The highest BCUT2D eigenvalue weighted by molar-refractivity contribution is 6.85. The molecule has 156 valence electrons. The highest BCUT2D eigenvalue weighted by atomic mass is 16.7. The van der Waals surface area contributed by atoms with Crippen molar-refractivity contribution in [2.75, 3.05) is 13.2 Å². The van der Waals surface area contributed by atoms with Gasteiger partial charge in [-0.25, -0.2) is 0 Å². The largest absolute Gasteiger partial charge is 0.514 e. The third kappa shape index (κ3) is 3.53. The molecule has 8 heteroatoms. The molecule has 0 aliphatic carbocycles. The van der Waals surface area contributed by atoms with Crippen LogP contribution in [0.2, 0.25) is 0 Å². The maximum absolute atomic E-state index is 13.3. The number of fused-ring (bicyclic) bond motifs is 1. The summed E-state index contributed by atoms with van der Waals surface area (Å²) in [5, 5.41) is 8.98. The Morgan fingerprint density at radius 2 is 1.83 bits per heavy atom. The van der Waals surface area contributed by atoms with Gasteiger partial charge in [-0.05, 0) is 58.4 Å². The summed E-state index contributed by atoms with van der Waals surface area (Å²) < 4.78 is 12.2. The highest BCUT2D eigenvalue weighted by Gasteiger charge is 2.53. The number of amides is 1. The Kier molecular flexibility index (Phi) is 4.99. The summed E-state index contributed by atoms with van der Waals surface area (Å²) in [5.74, 6) is -0.0265. The van der Waals surface area contributed by atoms with Crippen molar-refractivity contribution in [1.82, 2.24) is 9.80 Å². The van der Waals surface area contributed by atoms with E-state index in [9.17, 15) is 4.79 Å². The summed E-state index contributed by atoms with van der Waals surface area (Å²) in [6, 6.07) is 9.63. The van der Waals surface area contributed by atoms with E-state index in [0.29, 0.717) is 36.6 Å². The van der Waals surface area contributed by atoms with Gasteiger partial charge in [0.25, 0.3) is 5.91 Å². The number of nitrogens with zero attached hydrogens (tertiary/aromatic N) is 4. The first-order valence-corrected chi connectivity index (χ1v) is 10.3. The van der Waals surface area contributed by atoms with Gasteiger partial charge < -0.3 is 19.1 Å². The molecule has 7 nitrogen and oxygen atoms in total. The molecular formula is C22H27BN4O3. The van der Waals surface area contributed by atoms with Crippen molar-refractivity contribution in [3.63, 3.8) is 0 Å². The van der Waals surface area contributed by atoms with E-state index in [1.54, 1.807) is 12.1 Å². The topological polar surface area (TPSA) is 78.2 Å². The van der Waals surface area contributed by atoms with Crippen LogP contribution in [0.4, 0.5) is 0 Å². The van der Waals surface area contributed by atoms with Gasteiger partial charge in [0.2, 0.25) is 0 Å². The molecule has 1 amide bonds. The molecule has 1 aromatic rings. The van der Waals surface area contributed by atoms with E-state index in [2.05, 4.69) is 18.0 Å². The van der Waals surface area contributed by atoms with E-state index in [-0.39, 0.29) is 11.9 Å². The van der Waals surface area contributed by atoms with E-state index in [1.807, 2.05) is 55.7 Å². The quantitative estimate of drug-likeness (QED) is 0.721. The average Bonchev–Trinajstić information content (AvgIpc) is 2.93. The maximum Gasteiger partial charge on any atom is 0.514 e. The van der Waals surface area contributed by atoms with Crippen LogP contribution in [0.3, 0.4) is 0 Å². The van der Waals surface area contributed by atoms with Crippen LogP contribution in [0, 0.1) is 11.3 Å². The monoisotopic (exact) mass is 406 g/mol. The number of rotatable bonds is 3. The molecular weight excluding hydrogens is 379 g/mol. The first-order valence-electron chi connectivity index (χ1n) is 10.3.